The summed E-state index contributed by atoms with van der Waals surface area (Å²) in [7, 11) is 1.59. The summed E-state index contributed by atoms with van der Waals surface area (Å²) < 4.78 is 5.48. The van der Waals surface area contributed by atoms with Crippen molar-refractivity contribution in [1.82, 2.24) is 16.0 Å². The molecule has 7 heteroatoms. The molecule has 1 heterocycles. The van der Waals surface area contributed by atoms with Crippen LogP contribution in [0.5, 0.6) is 0 Å². The summed E-state index contributed by atoms with van der Waals surface area (Å²) in [6.07, 6.45) is 8.16. The van der Waals surface area contributed by atoms with E-state index in [9.17, 15) is 9.59 Å². The lowest BCUT2D eigenvalue weighted by Gasteiger charge is -2.34. The lowest BCUT2D eigenvalue weighted by atomic mass is 9.87. The molecule has 24 heavy (non-hydrogen) atoms. The van der Waals surface area contributed by atoms with Gasteiger partial charge in [-0.2, -0.15) is 0 Å². The SMILES string of the molecule is COC1(C(=O)NCCNC(=O)CC2CCCCC2)CCNCC1.Cl. The Labute approximate surface area is 151 Å². The fourth-order valence-electron chi connectivity index (χ4n) is 3.62. The molecule has 1 aliphatic heterocycles. The van der Waals surface area contributed by atoms with Crippen LogP contribution in [0.1, 0.15) is 51.4 Å². The number of amides is 2. The van der Waals surface area contributed by atoms with Crippen molar-refractivity contribution >= 4 is 24.2 Å². The molecule has 0 spiro atoms. The van der Waals surface area contributed by atoms with Gasteiger partial charge in [0.1, 0.15) is 5.60 Å². The van der Waals surface area contributed by atoms with Crippen molar-refractivity contribution < 1.29 is 14.3 Å². The van der Waals surface area contributed by atoms with Crippen LogP contribution >= 0.6 is 12.4 Å². The molecule has 2 fully saturated rings. The average molecular weight is 362 g/mol. The number of carbonyl (C=O) groups is 2. The normalized spacial score (nSPS) is 20.7. The standard InChI is InChI=1S/C17H31N3O3.ClH/c1-23-17(7-9-18-10-8-17)16(22)20-12-11-19-15(21)13-14-5-3-2-4-6-14;/h14,18H,2-13H2,1H3,(H,19,21)(H,20,22);1H. The van der Waals surface area contributed by atoms with Crippen molar-refractivity contribution in [2.24, 2.45) is 5.92 Å². The molecule has 1 saturated heterocycles. The van der Waals surface area contributed by atoms with Gasteiger partial charge in [-0.15, -0.1) is 12.4 Å². The maximum Gasteiger partial charge on any atom is 0.252 e. The Morgan fingerprint density at radius 2 is 1.71 bits per heavy atom. The third-order valence-electron chi connectivity index (χ3n) is 5.15. The smallest absolute Gasteiger partial charge is 0.252 e. The van der Waals surface area contributed by atoms with Crippen LogP contribution in [-0.4, -0.2) is 50.7 Å². The zero-order valence-electron chi connectivity index (χ0n) is 14.7. The fraction of sp³-hybridized carbons (Fsp3) is 0.882. The van der Waals surface area contributed by atoms with E-state index < -0.39 is 5.60 Å². The zero-order chi connectivity index (χ0) is 16.5. The molecule has 2 aliphatic rings. The monoisotopic (exact) mass is 361 g/mol. The number of ether oxygens (including phenoxy) is 1. The maximum atomic E-state index is 12.3. The van der Waals surface area contributed by atoms with Crippen LogP contribution < -0.4 is 16.0 Å². The van der Waals surface area contributed by atoms with Gasteiger partial charge in [0, 0.05) is 26.6 Å². The van der Waals surface area contributed by atoms with Crippen LogP contribution in [0.3, 0.4) is 0 Å². The Morgan fingerprint density at radius 1 is 1.08 bits per heavy atom. The van der Waals surface area contributed by atoms with E-state index in [2.05, 4.69) is 16.0 Å². The van der Waals surface area contributed by atoms with Gasteiger partial charge < -0.3 is 20.7 Å². The topological polar surface area (TPSA) is 79.5 Å². The number of halogens is 1. The van der Waals surface area contributed by atoms with Crippen molar-refractivity contribution in [3.05, 3.63) is 0 Å². The predicted octanol–water partition coefficient (Wildman–Crippen LogP) is 1.38. The summed E-state index contributed by atoms with van der Waals surface area (Å²) in [5.74, 6) is 0.586. The summed E-state index contributed by atoms with van der Waals surface area (Å²) in [4.78, 5) is 24.3. The van der Waals surface area contributed by atoms with E-state index in [-0.39, 0.29) is 24.2 Å². The number of rotatable bonds is 7. The van der Waals surface area contributed by atoms with Crippen LogP contribution in [0, 0.1) is 5.92 Å². The summed E-state index contributed by atoms with van der Waals surface area (Å²) in [5, 5.41) is 9.04. The van der Waals surface area contributed by atoms with E-state index in [0.29, 0.717) is 38.3 Å². The van der Waals surface area contributed by atoms with Gasteiger partial charge in [-0.05, 0) is 44.7 Å². The summed E-state index contributed by atoms with van der Waals surface area (Å²) in [6.45, 7) is 2.52. The van der Waals surface area contributed by atoms with Gasteiger partial charge in [0.25, 0.3) is 5.91 Å². The summed E-state index contributed by atoms with van der Waals surface area (Å²) >= 11 is 0. The first kappa shape index (κ1) is 21.2. The average Bonchev–Trinajstić information content (AvgIpc) is 2.60. The van der Waals surface area contributed by atoms with E-state index in [1.807, 2.05) is 0 Å². The number of carbonyl (C=O) groups excluding carboxylic acids is 2. The van der Waals surface area contributed by atoms with Crippen molar-refractivity contribution in [2.45, 2.75) is 57.0 Å². The minimum Gasteiger partial charge on any atom is -0.368 e. The van der Waals surface area contributed by atoms with Gasteiger partial charge in [0.2, 0.25) is 5.91 Å². The van der Waals surface area contributed by atoms with Crippen molar-refractivity contribution in [3.63, 3.8) is 0 Å². The molecule has 0 atom stereocenters. The molecule has 0 radical (unpaired) electrons. The molecule has 0 unspecified atom stereocenters. The number of hydrogen-bond acceptors (Lipinski definition) is 4. The molecule has 0 bridgehead atoms. The lowest BCUT2D eigenvalue weighted by molar-refractivity contribution is -0.146. The Balaban J connectivity index is 0.00000288. The maximum absolute atomic E-state index is 12.3. The second-order valence-electron chi connectivity index (χ2n) is 6.76. The fourth-order valence-corrected chi connectivity index (χ4v) is 3.62. The Hall–Kier alpha value is -0.850. The molecule has 1 saturated carbocycles. The minimum atomic E-state index is -0.711. The van der Waals surface area contributed by atoms with Crippen molar-refractivity contribution in [2.75, 3.05) is 33.3 Å². The molecule has 2 amide bonds. The Kier molecular flexibility index (Phi) is 9.63. The quantitative estimate of drug-likeness (QED) is 0.598. The molecule has 1 aliphatic carbocycles. The van der Waals surface area contributed by atoms with Crippen LogP contribution in [0.15, 0.2) is 0 Å². The molecule has 3 N–H and O–H groups in total. The van der Waals surface area contributed by atoms with Gasteiger partial charge in [-0.25, -0.2) is 0 Å². The molecule has 2 rings (SSSR count). The van der Waals surface area contributed by atoms with Gasteiger partial charge >= 0.3 is 0 Å². The van der Waals surface area contributed by atoms with E-state index in [4.69, 9.17) is 4.74 Å². The highest BCUT2D eigenvalue weighted by Gasteiger charge is 2.39. The van der Waals surface area contributed by atoms with Crippen LogP contribution in [-0.2, 0) is 14.3 Å². The zero-order valence-corrected chi connectivity index (χ0v) is 15.5. The summed E-state index contributed by atoms with van der Waals surface area (Å²) in [6, 6.07) is 0. The molecule has 140 valence electrons. The molecule has 0 aromatic rings. The highest BCUT2D eigenvalue weighted by molar-refractivity contribution is 5.85. The van der Waals surface area contributed by atoms with Gasteiger partial charge in [-0.3, -0.25) is 9.59 Å². The number of nitrogens with one attached hydrogen (secondary N) is 3. The van der Waals surface area contributed by atoms with Crippen LogP contribution in [0.25, 0.3) is 0 Å². The first-order chi connectivity index (χ1) is 11.2. The van der Waals surface area contributed by atoms with E-state index >= 15 is 0 Å². The molecule has 0 aromatic heterocycles. The van der Waals surface area contributed by atoms with Gasteiger partial charge in [0.05, 0.1) is 0 Å². The molecular formula is C17H32ClN3O3. The van der Waals surface area contributed by atoms with Gasteiger partial charge in [0.15, 0.2) is 0 Å². The number of hydrogen-bond donors (Lipinski definition) is 3. The number of methoxy groups -OCH3 is 1. The highest BCUT2D eigenvalue weighted by Crippen LogP contribution is 2.26. The van der Waals surface area contributed by atoms with E-state index in [1.54, 1.807) is 7.11 Å². The Bertz CT molecular complexity index is 395. The second-order valence-corrected chi connectivity index (χ2v) is 6.76. The van der Waals surface area contributed by atoms with E-state index in [0.717, 1.165) is 13.1 Å². The first-order valence-electron chi connectivity index (χ1n) is 8.97. The second kappa shape index (κ2) is 10.9. The van der Waals surface area contributed by atoms with Crippen LogP contribution in [0.2, 0.25) is 0 Å². The molecular weight excluding hydrogens is 330 g/mol. The predicted molar refractivity (Wildman–Crippen MR) is 96.3 cm³/mol. The van der Waals surface area contributed by atoms with Crippen molar-refractivity contribution in [3.8, 4) is 0 Å². The highest BCUT2D eigenvalue weighted by atomic mass is 35.5. The lowest BCUT2D eigenvalue weighted by Crippen LogP contribution is -2.55. The summed E-state index contributed by atoms with van der Waals surface area (Å²) in [5.41, 5.74) is -0.711. The Morgan fingerprint density at radius 3 is 2.33 bits per heavy atom. The third kappa shape index (κ3) is 6.22. The molecule has 6 nitrogen and oxygen atoms in total. The minimum absolute atomic E-state index is 0. The van der Waals surface area contributed by atoms with Crippen LogP contribution in [0.4, 0.5) is 0 Å². The van der Waals surface area contributed by atoms with Gasteiger partial charge in [-0.1, -0.05) is 19.3 Å². The number of piperidine rings is 1. The molecule has 0 aromatic carbocycles. The van der Waals surface area contributed by atoms with Crippen molar-refractivity contribution in [1.29, 1.82) is 0 Å². The first-order valence-corrected chi connectivity index (χ1v) is 8.97. The van der Waals surface area contributed by atoms with E-state index in [1.165, 1.54) is 32.1 Å². The third-order valence-corrected chi connectivity index (χ3v) is 5.15. The largest absolute Gasteiger partial charge is 0.368 e.